The van der Waals surface area contributed by atoms with E-state index in [-0.39, 0.29) is 0 Å². The highest BCUT2D eigenvalue weighted by Crippen LogP contribution is 2.21. The van der Waals surface area contributed by atoms with E-state index in [0.29, 0.717) is 5.92 Å². The van der Waals surface area contributed by atoms with Crippen molar-refractivity contribution in [2.75, 3.05) is 18.5 Å². The van der Waals surface area contributed by atoms with Gasteiger partial charge in [0.1, 0.15) is 0 Å². The first kappa shape index (κ1) is 13.7. The highest BCUT2D eigenvalue weighted by Gasteiger charge is 2.17. The quantitative estimate of drug-likeness (QED) is 0.724. The summed E-state index contributed by atoms with van der Waals surface area (Å²) in [7, 11) is 2.00. The van der Waals surface area contributed by atoms with Crippen LogP contribution in [0.3, 0.4) is 0 Å². The van der Waals surface area contributed by atoms with E-state index in [1.165, 1.54) is 0 Å². The Hall–Kier alpha value is -2.28. The summed E-state index contributed by atoms with van der Waals surface area (Å²) in [5, 5.41) is 15.1. The molecule has 0 N–H and O–H groups in total. The van der Waals surface area contributed by atoms with Gasteiger partial charge in [-0.15, -0.1) is 11.3 Å². The lowest BCUT2D eigenvalue weighted by atomic mass is 10.2. The number of rotatable bonds is 5. The van der Waals surface area contributed by atoms with Crippen LogP contribution in [0.2, 0.25) is 0 Å². The molecule has 3 aromatic rings. The van der Waals surface area contributed by atoms with E-state index in [9.17, 15) is 0 Å². The molecule has 7 heteroatoms. The molecular weight excluding hydrogens is 284 g/mol. The summed E-state index contributed by atoms with van der Waals surface area (Å²) in [5.74, 6) is 1.06. The average Bonchev–Trinajstić information content (AvgIpc) is 3.19. The van der Waals surface area contributed by atoms with Crippen molar-refractivity contribution in [3.8, 4) is 5.69 Å². The molecule has 0 aliphatic rings. The largest absolute Gasteiger partial charge is 0.342 e. The van der Waals surface area contributed by atoms with Crippen molar-refractivity contribution in [2.45, 2.75) is 12.8 Å². The molecule has 6 nitrogen and oxygen atoms in total. The number of thiazole rings is 1. The molecule has 3 rings (SSSR count). The molecule has 0 saturated heterocycles. The number of tetrazole rings is 1. The Kier molecular flexibility index (Phi) is 3.92. The lowest BCUT2D eigenvalue weighted by Crippen LogP contribution is -2.26. The highest BCUT2D eigenvalue weighted by molar-refractivity contribution is 7.09. The first-order valence-electron chi connectivity index (χ1n) is 6.70. The third-order valence-electron chi connectivity index (χ3n) is 3.22. The molecule has 0 amide bonds. The summed E-state index contributed by atoms with van der Waals surface area (Å²) in [6.45, 7) is 2.96. The molecule has 1 atom stereocenters. The van der Waals surface area contributed by atoms with Gasteiger partial charge < -0.3 is 4.90 Å². The van der Waals surface area contributed by atoms with Gasteiger partial charge in [-0.2, -0.15) is 4.68 Å². The molecule has 0 unspecified atom stereocenters. The minimum atomic E-state index is 0.330. The second kappa shape index (κ2) is 6.01. The summed E-state index contributed by atoms with van der Waals surface area (Å²) >= 11 is 1.67. The molecule has 0 radical (unpaired) electrons. The van der Waals surface area contributed by atoms with E-state index in [1.807, 2.05) is 49.0 Å². The van der Waals surface area contributed by atoms with E-state index in [0.717, 1.165) is 23.2 Å². The van der Waals surface area contributed by atoms with Crippen molar-refractivity contribution in [3.05, 3.63) is 46.9 Å². The van der Waals surface area contributed by atoms with Crippen LogP contribution < -0.4 is 4.90 Å². The average molecular weight is 300 g/mol. The summed E-state index contributed by atoms with van der Waals surface area (Å²) in [5.41, 5.74) is 0.950. The highest BCUT2D eigenvalue weighted by atomic mass is 32.1. The predicted octanol–water partition coefficient (Wildman–Crippen LogP) is 2.36. The van der Waals surface area contributed by atoms with Gasteiger partial charge in [-0.3, -0.25) is 0 Å². The van der Waals surface area contributed by atoms with Gasteiger partial charge in [-0.25, -0.2) is 4.98 Å². The summed E-state index contributed by atoms with van der Waals surface area (Å²) in [4.78, 5) is 6.42. The molecule has 108 valence electrons. The van der Waals surface area contributed by atoms with E-state index in [1.54, 1.807) is 16.0 Å². The van der Waals surface area contributed by atoms with Gasteiger partial charge >= 0.3 is 0 Å². The third kappa shape index (κ3) is 2.92. The summed E-state index contributed by atoms with van der Waals surface area (Å²) in [6.07, 6.45) is 1.84. The van der Waals surface area contributed by atoms with Gasteiger partial charge in [-0.1, -0.05) is 30.2 Å². The SMILES string of the molecule is C[C@H](CN(C)c1nnnn1-c1ccccc1)c1nccs1. The lowest BCUT2D eigenvalue weighted by molar-refractivity contribution is 0.700. The topological polar surface area (TPSA) is 59.7 Å². The summed E-state index contributed by atoms with van der Waals surface area (Å²) < 4.78 is 1.74. The number of likely N-dealkylation sites (N-methyl/N-ethyl adjacent to an activating group) is 1. The zero-order chi connectivity index (χ0) is 14.7. The van der Waals surface area contributed by atoms with E-state index >= 15 is 0 Å². The van der Waals surface area contributed by atoms with Crippen molar-refractivity contribution in [1.82, 2.24) is 25.2 Å². The van der Waals surface area contributed by atoms with Gasteiger partial charge in [0.05, 0.1) is 10.7 Å². The standard InChI is InChI=1S/C14H16N6S/c1-11(13-15-8-9-21-13)10-19(2)14-16-17-18-20(14)12-6-4-3-5-7-12/h3-9,11H,10H2,1-2H3/t11-/m1/s1. The van der Waals surface area contributed by atoms with E-state index in [2.05, 4.69) is 32.3 Å². The smallest absolute Gasteiger partial charge is 0.250 e. The maximum atomic E-state index is 4.36. The van der Waals surface area contributed by atoms with Crippen LogP contribution in [-0.2, 0) is 0 Å². The van der Waals surface area contributed by atoms with Crippen molar-refractivity contribution in [2.24, 2.45) is 0 Å². The Morgan fingerprint density at radius 3 is 2.81 bits per heavy atom. The molecule has 0 aliphatic carbocycles. The first-order valence-corrected chi connectivity index (χ1v) is 7.58. The number of aromatic nitrogens is 5. The van der Waals surface area contributed by atoms with E-state index in [4.69, 9.17) is 0 Å². The van der Waals surface area contributed by atoms with Crippen LogP contribution in [0.25, 0.3) is 5.69 Å². The van der Waals surface area contributed by atoms with Gasteiger partial charge in [0.15, 0.2) is 0 Å². The van der Waals surface area contributed by atoms with Crippen LogP contribution in [-0.4, -0.2) is 38.8 Å². The third-order valence-corrected chi connectivity index (χ3v) is 4.22. The Labute approximate surface area is 127 Å². The van der Waals surface area contributed by atoms with Crippen molar-refractivity contribution in [3.63, 3.8) is 0 Å². The van der Waals surface area contributed by atoms with Crippen molar-refractivity contribution in [1.29, 1.82) is 0 Å². The molecule has 1 aromatic carbocycles. The zero-order valence-corrected chi connectivity index (χ0v) is 12.7. The lowest BCUT2D eigenvalue weighted by Gasteiger charge is -2.20. The van der Waals surface area contributed by atoms with Gasteiger partial charge in [0.25, 0.3) is 0 Å². The molecule has 0 spiro atoms. The molecule has 0 saturated carbocycles. The fourth-order valence-electron chi connectivity index (χ4n) is 2.21. The van der Waals surface area contributed by atoms with Crippen LogP contribution in [0.4, 0.5) is 5.95 Å². The fourth-order valence-corrected chi connectivity index (χ4v) is 2.89. The van der Waals surface area contributed by atoms with Gasteiger partial charge in [0.2, 0.25) is 5.95 Å². The van der Waals surface area contributed by atoms with Crippen molar-refractivity contribution >= 4 is 17.3 Å². The first-order chi connectivity index (χ1) is 10.3. The maximum absolute atomic E-state index is 4.36. The van der Waals surface area contributed by atoms with Gasteiger partial charge in [0, 0.05) is 31.1 Å². The van der Waals surface area contributed by atoms with Crippen molar-refractivity contribution < 1.29 is 0 Å². The molecule has 21 heavy (non-hydrogen) atoms. The Bertz CT molecular complexity index is 679. The Morgan fingerprint density at radius 1 is 1.29 bits per heavy atom. The molecule has 0 bridgehead atoms. The van der Waals surface area contributed by atoms with Crippen LogP contribution in [0.5, 0.6) is 0 Å². The predicted molar refractivity (Wildman–Crippen MR) is 83.0 cm³/mol. The molecule has 0 fully saturated rings. The van der Waals surface area contributed by atoms with Gasteiger partial charge in [-0.05, 0) is 22.6 Å². The molecule has 2 aromatic heterocycles. The normalized spacial score (nSPS) is 12.3. The number of benzene rings is 1. The second-order valence-corrected chi connectivity index (χ2v) is 5.80. The minimum absolute atomic E-state index is 0.330. The second-order valence-electron chi connectivity index (χ2n) is 4.88. The number of anilines is 1. The molecule has 0 aliphatic heterocycles. The number of hydrogen-bond acceptors (Lipinski definition) is 6. The monoisotopic (exact) mass is 300 g/mol. The number of nitrogens with zero attached hydrogens (tertiary/aromatic N) is 6. The fraction of sp³-hybridized carbons (Fsp3) is 0.286. The minimum Gasteiger partial charge on any atom is -0.342 e. The summed E-state index contributed by atoms with van der Waals surface area (Å²) in [6, 6.07) is 9.88. The van der Waals surface area contributed by atoms with E-state index < -0.39 is 0 Å². The van der Waals surface area contributed by atoms with Crippen LogP contribution >= 0.6 is 11.3 Å². The number of hydrogen-bond donors (Lipinski definition) is 0. The zero-order valence-electron chi connectivity index (χ0n) is 11.9. The Morgan fingerprint density at radius 2 is 2.10 bits per heavy atom. The van der Waals surface area contributed by atoms with Crippen LogP contribution in [0.1, 0.15) is 17.8 Å². The van der Waals surface area contributed by atoms with Crippen LogP contribution in [0.15, 0.2) is 41.9 Å². The van der Waals surface area contributed by atoms with Crippen LogP contribution in [0, 0.1) is 0 Å². The Balaban J connectivity index is 1.80. The molecule has 2 heterocycles. The number of para-hydroxylation sites is 1. The molecular formula is C14H16N6S. The maximum Gasteiger partial charge on any atom is 0.250 e.